The van der Waals surface area contributed by atoms with Crippen LogP contribution >= 0.6 is 0 Å². The molecule has 0 bridgehead atoms. The molecule has 8 heteroatoms. The van der Waals surface area contributed by atoms with Crippen LogP contribution in [-0.2, 0) is 0 Å². The number of nitrogens with one attached hydrogen (secondary N) is 1. The fourth-order valence-electron chi connectivity index (χ4n) is 1.66. The Morgan fingerprint density at radius 2 is 2.35 bits per heavy atom. The number of rotatable bonds is 4. The van der Waals surface area contributed by atoms with Gasteiger partial charge in [-0.3, -0.25) is 19.3 Å². The summed E-state index contributed by atoms with van der Waals surface area (Å²) in [4.78, 5) is 26.4. The van der Waals surface area contributed by atoms with Crippen molar-refractivity contribution in [2.75, 3.05) is 11.9 Å². The maximum Gasteiger partial charge on any atom is 0.376 e. The van der Waals surface area contributed by atoms with Gasteiger partial charge < -0.3 is 5.32 Å². The maximum atomic E-state index is 12.1. The highest BCUT2D eigenvalue weighted by atomic mass is 16.6. The van der Waals surface area contributed by atoms with Gasteiger partial charge in [-0.1, -0.05) is 6.07 Å². The van der Waals surface area contributed by atoms with E-state index in [4.69, 9.17) is 5.26 Å². The Balaban J connectivity index is 2.58. The van der Waals surface area contributed by atoms with Crippen LogP contribution in [0.15, 0.2) is 29.2 Å². The molecule has 2 aromatic heterocycles. The number of fused-ring (bicyclic) bond motifs is 1. The van der Waals surface area contributed by atoms with Crippen LogP contribution in [0.2, 0.25) is 0 Å². The molecule has 2 rings (SSSR count). The highest BCUT2D eigenvalue weighted by Crippen LogP contribution is 2.18. The number of nitriles is 1. The largest absolute Gasteiger partial charge is 0.376 e. The van der Waals surface area contributed by atoms with Crippen molar-refractivity contribution in [1.82, 2.24) is 9.38 Å². The molecule has 1 atom stereocenters. The van der Waals surface area contributed by atoms with Gasteiger partial charge in [-0.15, -0.1) is 0 Å². The molecule has 102 valence electrons. The zero-order chi connectivity index (χ0) is 14.7. The topological polar surface area (TPSA) is 113 Å². The summed E-state index contributed by atoms with van der Waals surface area (Å²) in [6.07, 6.45) is 1.42. The second-order valence-electron chi connectivity index (χ2n) is 4.21. The fourth-order valence-corrected chi connectivity index (χ4v) is 1.66. The molecule has 0 aromatic carbocycles. The Kier molecular flexibility index (Phi) is 3.61. The van der Waals surface area contributed by atoms with Crippen LogP contribution in [0.1, 0.15) is 6.92 Å². The Morgan fingerprint density at radius 1 is 1.60 bits per heavy atom. The summed E-state index contributed by atoms with van der Waals surface area (Å²) in [5, 5.41) is 22.4. The molecule has 0 fully saturated rings. The van der Waals surface area contributed by atoms with E-state index in [-0.39, 0.29) is 18.3 Å². The van der Waals surface area contributed by atoms with E-state index in [1.54, 1.807) is 25.1 Å². The lowest BCUT2D eigenvalue weighted by molar-refractivity contribution is -0.385. The molecule has 2 heterocycles. The van der Waals surface area contributed by atoms with Crippen LogP contribution in [0.5, 0.6) is 0 Å². The van der Waals surface area contributed by atoms with Crippen LogP contribution < -0.4 is 10.9 Å². The molecule has 0 aliphatic carbocycles. The molecule has 2 aromatic rings. The molecule has 20 heavy (non-hydrogen) atoms. The fraction of sp³-hybridized carbons (Fsp3) is 0.250. The second kappa shape index (κ2) is 5.36. The molecule has 1 N–H and O–H groups in total. The van der Waals surface area contributed by atoms with Gasteiger partial charge in [0.2, 0.25) is 5.82 Å². The van der Waals surface area contributed by atoms with Crippen LogP contribution in [0.3, 0.4) is 0 Å². The average molecular weight is 273 g/mol. The first-order chi connectivity index (χ1) is 9.54. The van der Waals surface area contributed by atoms with E-state index in [0.717, 1.165) is 4.40 Å². The molecule has 0 radical (unpaired) electrons. The summed E-state index contributed by atoms with van der Waals surface area (Å²) in [5.41, 5.74) is -1.08. The number of aromatic nitrogens is 2. The van der Waals surface area contributed by atoms with E-state index >= 15 is 0 Å². The first-order valence-corrected chi connectivity index (χ1v) is 5.84. The minimum absolute atomic E-state index is 0.117. The number of nitrogens with zero attached hydrogens (tertiary/aromatic N) is 4. The Labute approximate surface area is 113 Å². The quantitative estimate of drug-likeness (QED) is 0.660. The molecular formula is C12H11N5O3. The van der Waals surface area contributed by atoms with E-state index in [1.165, 1.54) is 6.20 Å². The molecule has 8 nitrogen and oxygen atoms in total. The Hall–Kier alpha value is -2.95. The van der Waals surface area contributed by atoms with Crippen molar-refractivity contribution in [3.8, 4) is 6.07 Å². The third-order valence-corrected chi connectivity index (χ3v) is 2.69. The SMILES string of the molecule is C[C@@H](C#N)CNc1nc2ccccn2c(=O)c1[N+](=O)[O-]. The summed E-state index contributed by atoms with van der Waals surface area (Å²) < 4.78 is 1.11. The predicted octanol–water partition coefficient (Wildman–Crippen LogP) is 1.17. The third kappa shape index (κ3) is 2.42. The number of nitro groups is 1. The highest BCUT2D eigenvalue weighted by Gasteiger charge is 2.23. The first-order valence-electron chi connectivity index (χ1n) is 5.84. The van der Waals surface area contributed by atoms with Gasteiger partial charge in [0.25, 0.3) is 0 Å². The molecule has 0 unspecified atom stereocenters. The van der Waals surface area contributed by atoms with Crippen LogP contribution in [0.25, 0.3) is 5.65 Å². The van der Waals surface area contributed by atoms with Gasteiger partial charge >= 0.3 is 11.2 Å². The number of hydrogen-bond acceptors (Lipinski definition) is 6. The van der Waals surface area contributed by atoms with Crippen molar-refractivity contribution in [1.29, 1.82) is 5.26 Å². The molecule has 0 saturated carbocycles. The lowest BCUT2D eigenvalue weighted by Crippen LogP contribution is -2.22. The molecule has 0 amide bonds. The second-order valence-corrected chi connectivity index (χ2v) is 4.21. The molecule has 0 aliphatic heterocycles. The first kappa shape index (κ1) is 13.5. The van der Waals surface area contributed by atoms with Crippen LogP contribution in [0, 0.1) is 27.4 Å². The van der Waals surface area contributed by atoms with E-state index in [2.05, 4.69) is 10.3 Å². The Bertz CT molecular complexity index is 762. The van der Waals surface area contributed by atoms with Crippen molar-refractivity contribution in [2.45, 2.75) is 6.92 Å². The predicted molar refractivity (Wildman–Crippen MR) is 71.4 cm³/mol. The molecular weight excluding hydrogens is 262 g/mol. The molecule has 0 spiro atoms. The zero-order valence-corrected chi connectivity index (χ0v) is 10.6. The van der Waals surface area contributed by atoms with Crippen LogP contribution in [0.4, 0.5) is 11.5 Å². The van der Waals surface area contributed by atoms with Crippen molar-refractivity contribution in [3.63, 3.8) is 0 Å². The van der Waals surface area contributed by atoms with Crippen LogP contribution in [-0.4, -0.2) is 20.9 Å². The van der Waals surface area contributed by atoms with Crippen molar-refractivity contribution >= 4 is 17.2 Å². The minimum atomic E-state index is -0.770. The van der Waals surface area contributed by atoms with E-state index < -0.39 is 16.2 Å². The summed E-state index contributed by atoms with van der Waals surface area (Å²) in [7, 11) is 0. The number of anilines is 1. The van der Waals surface area contributed by atoms with Gasteiger partial charge in [0.1, 0.15) is 5.65 Å². The monoisotopic (exact) mass is 273 g/mol. The summed E-state index contributed by atoms with van der Waals surface area (Å²) in [5.74, 6) is -0.473. The van der Waals surface area contributed by atoms with Crippen molar-refractivity contribution < 1.29 is 4.92 Å². The Morgan fingerprint density at radius 3 is 3.00 bits per heavy atom. The summed E-state index contributed by atoms with van der Waals surface area (Å²) in [6, 6.07) is 6.83. The van der Waals surface area contributed by atoms with Gasteiger partial charge in [-0.25, -0.2) is 4.98 Å². The normalized spacial score (nSPS) is 11.8. The van der Waals surface area contributed by atoms with E-state index in [0.29, 0.717) is 5.65 Å². The average Bonchev–Trinajstić information content (AvgIpc) is 2.44. The zero-order valence-electron chi connectivity index (χ0n) is 10.6. The lowest BCUT2D eigenvalue weighted by Gasteiger charge is -2.08. The summed E-state index contributed by atoms with van der Waals surface area (Å²) in [6.45, 7) is 1.83. The smallest absolute Gasteiger partial charge is 0.363 e. The highest BCUT2D eigenvalue weighted by molar-refractivity contribution is 5.59. The van der Waals surface area contributed by atoms with E-state index in [1.807, 2.05) is 6.07 Å². The summed E-state index contributed by atoms with van der Waals surface area (Å²) >= 11 is 0. The molecule has 0 saturated heterocycles. The van der Waals surface area contributed by atoms with Gasteiger partial charge in [0.15, 0.2) is 0 Å². The lowest BCUT2D eigenvalue weighted by atomic mass is 10.2. The molecule has 0 aliphatic rings. The van der Waals surface area contributed by atoms with Gasteiger partial charge in [-0.05, 0) is 19.1 Å². The maximum absolute atomic E-state index is 12.1. The number of pyridine rings is 1. The van der Waals surface area contributed by atoms with Gasteiger partial charge in [0, 0.05) is 12.7 Å². The van der Waals surface area contributed by atoms with E-state index in [9.17, 15) is 14.9 Å². The third-order valence-electron chi connectivity index (χ3n) is 2.69. The van der Waals surface area contributed by atoms with Crippen molar-refractivity contribution in [3.05, 3.63) is 44.9 Å². The van der Waals surface area contributed by atoms with Gasteiger partial charge in [-0.2, -0.15) is 5.26 Å². The standard InChI is InChI=1S/C12H11N5O3/c1-8(6-13)7-14-11-10(17(19)20)12(18)16-5-3-2-4-9(16)15-11/h2-5,8,14H,7H2,1H3/t8-/m0/s1. The number of hydrogen-bond donors (Lipinski definition) is 1. The van der Waals surface area contributed by atoms with Crippen molar-refractivity contribution in [2.24, 2.45) is 5.92 Å². The minimum Gasteiger partial charge on any atom is -0.363 e. The van der Waals surface area contributed by atoms with Gasteiger partial charge in [0.05, 0.1) is 16.9 Å².